The van der Waals surface area contributed by atoms with Crippen LogP contribution in [0.3, 0.4) is 0 Å². The van der Waals surface area contributed by atoms with Crippen molar-refractivity contribution in [2.24, 2.45) is 5.41 Å². The molecule has 0 saturated heterocycles. The van der Waals surface area contributed by atoms with Gasteiger partial charge in [-0.05, 0) is 27.7 Å². The van der Waals surface area contributed by atoms with Gasteiger partial charge in [0.05, 0.1) is 17.3 Å². The van der Waals surface area contributed by atoms with Gasteiger partial charge in [-0.3, -0.25) is 4.79 Å². The van der Waals surface area contributed by atoms with Gasteiger partial charge in [0.2, 0.25) is 0 Å². The summed E-state index contributed by atoms with van der Waals surface area (Å²) in [5.41, 5.74) is -0.274. The van der Waals surface area contributed by atoms with Gasteiger partial charge in [0.25, 0.3) is 0 Å². The number of aliphatic hydroxyl groups excluding tert-OH is 1. The standard InChI is InChI=1S/C8H14O2.Cu/c1-6(9)5-7(10)8(2,3)4;/h5,9H,1-4H3;/p+1/b6-5-;. The largest absolute Gasteiger partial charge is 0.512 e. The number of allylic oxidation sites excluding steroid dienone is 2. The minimum atomic E-state index is -0.274. The van der Waals surface area contributed by atoms with Gasteiger partial charge in [-0.1, -0.05) is 0 Å². The summed E-state index contributed by atoms with van der Waals surface area (Å²) in [6.45, 7) is 7.16. The molecule has 1 radical (unpaired) electrons. The van der Waals surface area contributed by atoms with Crippen molar-refractivity contribution in [1.82, 2.24) is 0 Å². The summed E-state index contributed by atoms with van der Waals surface area (Å²) in [5.74, 6) is 0.333. The monoisotopic (exact) mass is 206 g/mol. The molecule has 0 bridgehead atoms. The summed E-state index contributed by atoms with van der Waals surface area (Å²) in [5, 5.41) is 8.77. The van der Waals surface area contributed by atoms with Crippen LogP contribution in [-0.2, 0) is 17.1 Å². The van der Waals surface area contributed by atoms with E-state index in [-0.39, 0.29) is 34.0 Å². The first-order valence-electron chi connectivity index (χ1n) is 3.27. The van der Waals surface area contributed by atoms with Crippen LogP contribution in [0.4, 0.5) is 0 Å². The molecule has 11 heavy (non-hydrogen) atoms. The topological polar surface area (TPSA) is 41.6 Å². The van der Waals surface area contributed by atoms with Crippen molar-refractivity contribution in [3.8, 4) is 0 Å². The molecule has 2 nitrogen and oxygen atoms in total. The molecule has 69 valence electrons. The van der Waals surface area contributed by atoms with Crippen LogP contribution in [-0.4, -0.2) is 15.7 Å². The van der Waals surface area contributed by atoms with Gasteiger partial charge < -0.3 is 5.11 Å². The van der Waals surface area contributed by atoms with E-state index in [2.05, 4.69) is 0 Å². The molecular formula is C8H15CuO2+. The number of hydrogen-bond donors (Lipinski definition) is 1. The first-order chi connectivity index (χ1) is 4.34. The van der Waals surface area contributed by atoms with Gasteiger partial charge in [0.1, 0.15) is 0 Å². The van der Waals surface area contributed by atoms with Gasteiger partial charge in [-0.25, -0.2) is 0 Å². The Hall–Kier alpha value is -0.271. The maximum absolute atomic E-state index is 9.24. The minimum Gasteiger partial charge on any atom is -0.512 e. The SMILES string of the molecule is C/C(O)=C/C(=[OH+])C(C)(C)C.[Cu]. The van der Waals surface area contributed by atoms with Crippen LogP contribution >= 0.6 is 0 Å². The summed E-state index contributed by atoms with van der Waals surface area (Å²) in [7, 11) is 0. The van der Waals surface area contributed by atoms with Crippen LogP contribution in [0.1, 0.15) is 27.7 Å². The molecule has 0 spiro atoms. The van der Waals surface area contributed by atoms with E-state index in [1.165, 1.54) is 13.0 Å². The fourth-order valence-electron chi connectivity index (χ4n) is 0.414. The molecule has 0 aliphatic carbocycles. The molecule has 0 aliphatic rings. The maximum Gasteiger partial charge on any atom is 0.324 e. The Kier molecular flexibility index (Phi) is 5.54. The van der Waals surface area contributed by atoms with Crippen LogP contribution in [0.15, 0.2) is 11.8 Å². The molecule has 0 saturated carbocycles. The second kappa shape index (κ2) is 4.58. The number of hydrogen-bond acceptors (Lipinski definition) is 1. The van der Waals surface area contributed by atoms with E-state index < -0.39 is 0 Å². The molecule has 0 aromatic rings. The third kappa shape index (κ3) is 6.14. The average Bonchev–Trinajstić information content (AvgIpc) is 1.60. The van der Waals surface area contributed by atoms with Crippen molar-refractivity contribution in [2.45, 2.75) is 27.7 Å². The average molecular weight is 207 g/mol. The maximum atomic E-state index is 9.24. The minimum absolute atomic E-state index is 0. The molecule has 0 aromatic heterocycles. The van der Waals surface area contributed by atoms with Gasteiger partial charge >= 0.3 is 5.78 Å². The van der Waals surface area contributed by atoms with Crippen molar-refractivity contribution in [3.05, 3.63) is 11.8 Å². The van der Waals surface area contributed by atoms with Crippen LogP contribution < -0.4 is 0 Å². The Morgan fingerprint density at radius 3 is 1.82 bits per heavy atom. The van der Waals surface area contributed by atoms with Crippen molar-refractivity contribution in [3.63, 3.8) is 0 Å². The second-order valence-electron chi connectivity index (χ2n) is 3.42. The van der Waals surface area contributed by atoms with Crippen molar-refractivity contribution in [1.29, 1.82) is 0 Å². The predicted octanol–water partition coefficient (Wildman–Crippen LogP) is 2.04. The van der Waals surface area contributed by atoms with Crippen LogP contribution in [0, 0.1) is 5.41 Å². The third-order valence-corrected chi connectivity index (χ3v) is 1.11. The first-order valence-corrected chi connectivity index (χ1v) is 3.27. The molecule has 3 heteroatoms. The number of carbonyl (C=O) groups excluding carboxylic acids is 1. The van der Waals surface area contributed by atoms with Crippen molar-refractivity contribution < 1.29 is 27.0 Å². The van der Waals surface area contributed by atoms with Crippen molar-refractivity contribution >= 4 is 5.78 Å². The smallest absolute Gasteiger partial charge is 0.324 e. The molecule has 0 aromatic carbocycles. The predicted molar refractivity (Wildman–Crippen MR) is 42.8 cm³/mol. The molecule has 2 N–H and O–H groups in total. The molecule has 0 unspecified atom stereocenters. The Balaban J connectivity index is 0. The van der Waals surface area contributed by atoms with E-state index in [0.717, 1.165) is 0 Å². The zero-order valence-electron chi connectivity index (χ0n) is 7.27. The molecule has 0 atom stereocenters. The third-order valence-electron chi connectivity index (χ3n) is 1.11. The fourth-order valence-corrected chi connectivity index (χ4v) is 0.414. The molecule has 0 rings (SSSR count). The summed E-state index contributed by atoms with van der Waals surface area (Å²) >= 11 is 0. The van der Waals surface area contributed by atoms with Gasteiger partial charge in [0.15, 0.2) is 0 Å². The van der Waals surface area contributed by atoms with E-state index >= 15 is 0 Å². The molecular weight excluding hydrogens is 192 g/mol. The van der Waals surface area contributed by atoms with Crippen LogP contribution in [0.5, 0.6) is 0 Å². The zero-order valence-corrected chi connectivity index (χ0v) is 8.21. The van der Waals surface area contributed by atoms with Gasteiger partial charge in [0, 0.05) is 17.1 Å². The Morgan fingerprint density at radius 2 is 1.73 bits per heavy atom. The van der Waals surface area contributed by atoms with Gasteiger partial charge in [-0.2, -0.15) is 0 Å². The fraction of sp³-hybridized carbons (Fsp3) is 0.625. The molecule has 0 fully saturated rings. The van der Waals surface area contributed by atoms with E-state index in [1.54, 1.807) is 0 Å². The van der Waals surface area contributed by atoms with Crippen molar-refractivity contribution in [2.75, 3.05) is 0 Å². The second-order valence-corrected chi connectivity index (χ2v) is 3.42. The zero-order chi connectivity index (χ0) is 8.36. The normalized spacial score (nSPS) is 12.2. The van der Waals surface area contributed by atoms with E-state index in [4.69, 9.17) is 5.11 Å². The Labute approximate surface area is 78.2 Å². The van der Waals surface area contributed by atoms with E-state index in [9.17, 15) is 4.79 Å². The summed E-state index contributed by atoms with van der Waals surface area (Å²) in [6, 6.07) is 0. The van der Waals surface area contributed by atoms with Crippen LogP contribution in [0.2, 0.25) is 0 Å². The Bertz CT molecular complexity index is 161. The number of aliphatic hydroxyl groups is 1. The van der Waals surface area contributed by atoms with Crippen LogP contribution in [0.25, 0.3) is 0 Å². The molecule has 0 heterocycles. The molecule has 0 aliphatic heterocycles. The number of ketones is 1. The Morgan fingerprint density at radius 1 is 1.36 bits per heavy atom. The van der Waals surface area contributed by atoms with Gasteiger partial charge in [-0.15, -0.1) is 0 Å². The summed E-state index contributed by atoms with van der Waals surface area (Å²) < 4.78 is 0. The molecule has 0 amide bonds. The quantitative estimate of drug-likeness (QED) is 0.303. The number of rotatable bonds is 1. The summed E-state index contributed by atoms with van der Waals surface area (Å²) in [6.07, 6.45) is 1.36. The van der Waals surface area contributed by atoms with E-state index in [1.807, 2.05) is 20.8 Å². The summed E-state index contributed by atoms with van der Waals surface area (Å²) in [4.78, 5) is 9.24. The first kappa shape index (κ1) is 13.3. The van der Waals surface area contributed by atoms with E-state index in [0.29, 0.717) is 0 Å².